The predicted octanol–water partition coefficient (Wildman–Crippen LogP) is 1.64. The highest BCUT2D eigenvalue weighted by atomic mass is 16.5. The Bertz CT molecular complexity index is 1340. The van der Waals surface area contributed by atoms with Crippen molar-refractivity contribution in [2.24, 2.45) is 0 Å². The summed E-state index contributed by atoms with van der Waals surface area (Å²) in [5, 5.41) is 20.7. The van der Waals surface area contributed by atoms with Crippen LogP contribution in [0.25, 0.3) is 17.2 Å². The van der Waals surface area contributed by atoms with Crippen LogP contribution in [-0.2, 0) is 35.2 Å². The molecule has 186 valence electrons. The molecule has 1 aliphatic heterocycles. The van der Waals surface area contributed by atoms with Crippen LogP contribution in [0, 0.1) is 0 Å². The number of carboxylic acid groups (broad SMARTS) is 2. The van der Waals surface area contributed by atoms with Crippen LogP contribution in [0.4, 0.5) is 0 Å². The Morgan fingerprint density at radius 1 is 1.03 bits per heavy atom. The molecular formula is C25H22N2O9. The second kappa shape index (κ2) is 11.0. The lowest BCUT2D eigenvalue weighted by Gasteiger charge is -2.14. The van der Waals surface area contributed by atoms with Gasteiger partial charge in [0.05, 0.1) is 19.8 Å². The lowest BCUT2D eigenvalue weighted by molar-refractivity contribution is -0.138. The van der Waals surface area contributed by atoms with Crippen molar-refractivity contribution in [3.05, 3.63) is 76.3 Å². The maximum atomic E-state index is 12.5. The molecule has 3 aliphatic rings. The Labute approximate surface area is 204 Å². The first-order chi connectivity index (χ1) is 17.2. The molecular weight excluding hydrogens is 472 g/mol. The molecule has 0 saturated carbocycles. The summed E-state index contributed by atoms with van der Waals surface area (Å²) in [6.07, 6.45) is 9.53. The number of aliphatic carboxylic acids is 2. The van der Waals surface area contributed by atoms with Gasteiger partial charge in [-0.25, -0.2) is 9.59 Å². The minimum absolute atomic E-state index is 0.142. The number of methoxy groups -OCH3 is 2. The summed E-state index contributed by atoms with van der Waals surface area (Å²) in [5.41, 5.74) is 2.64. The van der Waals surface area contributed by atoms with Crippen LogP contribution < -0.4 is 5.32 Å². The van der Waals surface area contributed by atoms with E-state index in [0.717, 1.165) is 7.11 Å². The van der Waals surface area contributed by atoms with Crippen LogP contribution in [0.1, 0.15) is 15.9 Å². The summed E-state index contributed by atoms with van der Waals surface area (Å²) in [6, 6.07) is 3.42. The smallest absolute Gasteiger partial charge is 0.341 e. The van der Waals surface area contributed by atoms with Crippen molar-refractivity contribution >= 4 is 36.2 Å². The molecule has 0 fully saturated rings. The van der Waals surface area contributed by atoms with Crippen LogP contribution in [0.5, 0.6) is 0 Å². The molecule has 0 aromatic heterocycles. The van der Waals surface area contributed by atoms with Crippen molar-refractivity contribution in [2.45, 2.75) is 6.54 Å². The first kappa shape index (κ1) is 25.7. The van der Waals surface area contributed by atoms with Crippen LogP contribution >= 0.6 is 0 Å². The molecule has 0 atom stereocenters. The zero-order chi connectivity index (χ0) is 26.4. The van der Waals surface area contributed by atoms with Gasteiger partial charge in [-0.3, -0.25) is 14.4 Å². The number of pyridine rings is 1. The fourth-order valence-electron chi connectivity index (χ4n) is 3.78. The van der Waals surface area contributed by atoms with E-state index in [1.807, 2.05) is 0 Å². The number of esters is 2. The molecule has 11 heteroatoms. The first-order valence-corrected chi connectivity index (χ1v) is 10.5. The minimum atomic E-state index is -1.11. The van der Waals surface area contributed by atoms with Gasteiger partial charge in [-0.2, -0.15) is 0 Å². The summed E-state index contributed by atoms with van der Waals surface area (Å²) in [5.74, 6) is -3.72. The largest absolute Gasteiger partial charge is 0.480 e. The molecule has 3 N–H and O–H groups in total. The second-order valence-corrected chi connectivity index (χ2v) is 7.55. The van der Waals surface area contributed by atoms with Crippen molar-refractivity contribution in [2.75, 3.05) is 20.8 Å². The van der Waals surface area contributed by atoms with Gasteiger partial charge in [0.1, 0.15) is 18.7 Å². The molecule has 11 nitrogen and oxygen atoms in total. The van der Waals surface area contributed by atoms with Crippen molar-refractivity contribution in [3.63, 3.8) is 0 Å². The maximum absolute atomic E-state index is 12.5. The fourth-order valence-corrected chi connectivity index (χ4v) is 3.78. The maximum Gasteiger partial charge on any atom is 0.341 e. The van der Waals surface area contributed by atoms with E-state index in [1.54, 1.807) is 30.5 Å². The van der Waals surface area contributed by atoms with Gasteiger partial charge in [-0.1, -0.05) is 24.3 Å². The molecule has 0 amide bonds. The third kappa shape index (κ3) is 5.41. The number of hydrogen-bond acceptors (Lipinski definition) is 8. The third-order valence-corrected chi connectivity index (χ3v) is 5.27. The standard InChI is InChI=1S/C25H22N2O9/c1-35-24(33)19-11-27(12-22(31)32)10-16-4-3-15(23(16)19)7-14-5-6-17(20(13-28)25(34)36-2)18(14)8-26-9-21(29)30/h3-8,10-11,13,26H,9,12H2,1-2H3,(H,29,30)(H,31,32)/b14-7-,18-8-,20-17+. The molecule has 2 aliphatic carbocycles. The Morgan fingerprint density at radius 3 is 2.39 bits per heavy atom. The number of carbonyl (C=O) groups is 5. The molecule has 0 spiro atoms. The zero-order valence-electron chi connectivity index (χ0n) is 19.3. The normalized spacial score (nSPS) is 16.3. The molecule has 0 bridgehead atoms. The molecule has 1 heterocycles. The van der Waals surface area contributed by atoms with Gasteiger partial charge in [0.25, 0.3) is 0 Å². The van der Waals surface area contributed by atoms with Gasteiger partial charge in [0, 0.05) is 35.3 Å². The van der Waals surface area contributed by atoms with Crippen molar-refractivity contribution < 1.29 is 43.7 Å². The summed E-state index contributed by atoms with van der Waals surface area (Å²) in [7, 11) is 2.35. The van der Waals surface area contributed by atoms with Gasteiger partial charge < -0.3 is 29.6 Å². The van der Waals surface area contributed by atoms with Crippen molar-refractivity contribution in [3.8, 4) is 11.1 Å². The van der Waals surface area contributed by atoms with Gasteiger partial charge >= 0.3 is 23.9 Å². The summed E-state index contributed by atoms with van der Waals surface area (Å²) < 4.78 is 10.9. The number of aldehydes is 1. The van der Waals surface area contributed by atoms with Gasteiger partial charge in [0.2, 0.25) is 0 Å². The van der Waals surface area contributed by atoms with Crippen molar-refractivity contribution in [1.82, 2.24) is 9.88 Å². The summed E-state index contributed by atoms with van der Waals surface area (Å²) in [4.78, 5) is 58.4. The molecule has 36 heavy (non-hydrogen) atoms. The van der Waals surface area contributed by atoms with E-state index < -0.39 is 30.4 Å². The fraction of sp³-hybridized carbons (Fsp3) is 0.160. The van der Waals surface area contributed by atoms with Crippen LogP contribution in [0.2, 0.25) is 0 Å². The van der Waals surface area contributed by atoms with E-state index in [2.05, 4.69) is 10.1 Å². The number of aromatic nitrogens is 1. The molecule has 0 saturated heterocycles. The number of rotatable bonds is 9. The number of nitrogens with one attached hydrogen (secondary N) is 1. The minimum Gasteiger partial charge on any atom is -0.480 e. The number of hydrogen-bond donors (Lipinski definition) is 3. The van der Waals surface area contributed by atoms with E-state index in [-0.39, 0.29) is 23.3 Å². The number of ether oxygens (including phenoxy) is 2. The van der Waals surface area contributed by atoms with Gasteiger partial charge in [0.15, 0.2) is 6.29 Å². The molecule has 0 aromatic carbocycles. The summed E-state index contributed by atoms with van der Waals surface area (Å²) >= 11 is 0. The molecule has 0 radical (unpaired) electrons. The lowest BCUT2D eigenvalue weighted by atomic mass is 9.97. The number of nitrogens with zero attached hydrogens (tertiary/aromatic N) is 1. The Balaban J connectivity index is 2.18. The average Bonchev–Trinajstić information content (AvgIpc) is 3.42. The van der Waals surface area contributed by atoms with Crippen molar-refractivity contribution in [1.29, 1.82) is 0 Å². The average molecular weight is 494 g/mol. The highest BCUT2D eigenvalue weighted by molar-refractivity contribution is 6.10. The summed E-state index contributed by atoms with van der Waals surface area (Å²) in [6.45, 7) is -0.767. The molecule has 0 aromatic rings. The lowest BCUT2D eigenvalue weighted by Crippen LogP contribution is -2.18. The Hall–Kier alpha value is -4.93. The Morgan fingerprint density at radius 2 is 1.78 bits per heavy atom. The zero-order valence-corrected chi connectivity index (χ0v) is 19.3. The monoisotopic (exact) mass is 494 g/mol. The number of allylic oxidation sites excluding steroid dienone is 5. The number of carboxylic acids is 2. The quantitative estimate of drug-likeness (QED) is 0.154. The first-order valence-electron chi connectivity index (χ1n) is 10.5. The van der Waals surface area contributed by atoms with Gasteiger partial charge in [-0.05, 0) is 22.8 Å². The third-order valence-electron chi connectivity index (χ3n) is 5.27. The molecule has 0 unspecified atom stereocenters. The predicted molar refractivity (Wildman–Crippen MR) is 126 cm³/mol. The molecule has 3 rings (SSSR count). The highest BCUT2D eigenvalue weighted by Gasteiger charge is 2.25. The van der Waals surface area contributed by atoms with Crippen LogP contribution in [0.15, 0.2) is 65.2 Å². The topological polar surface area (TPSA) is 161 Å². The van der Waals surface area contributed by atoms with E-state index in [0.29, 0.717) is 34.1 Å². The second-order valence-electron chi connectivity index (χ2n) is 7.55. The van der Waals surface area contributed by atoms with E-state index in [1.165, 1.54) is 30.1 Å². The van der Waals surface area contributed by atoms with E-state index in [9.17, 15) is 24.0 Å². The van der Waals surface area contributed by atoms with Gasteiger partial charge in [-0.15, -0.1) is 0 Å². The number of carbonyl (C=O) groups excluding carboxylic acids is 3. The van der Waals surface area contributed by atoms with Crippen LogP contribution in [-0.4, -0.2) is 65.7 Å². The highest BCUT2D eigenvalue weighted by Crippen LogP contribution is 2.37. The Kier molecular flexibility index (Phi) is 7.85. The number of fused-ring (bicyclic) bond motifs is 1. The van der Waals surface area contributed by atoms with Crippen LogP contribution in [0.3, 0.4) is 0 Å². The van der Waals surface area contributed by atoms with E-state index >= 15 is 0 Å². The SMILES string of the molecule is COC(=O)\C(C=O)=C1C=CC(=C/c2ccc3cn(CC(=O)O)cc(C(=O)OC)c2-3)/C/1=C/NCC(=O)O. The van der Waals surface area contributed by atoms with E-state index in [4.69, 9.17) is 14.9 Å².